The van der Waals surface area contributed by atoms with Gasteiger partial charge in [-0.15, -0.1) is 6.92 Å². The smallest absolute Gasteiger partial charge is 0.316 e. The summed E-state index contributed by atoms with van der Waals surface area (Å²) in [5, 5.41) is 2.39. The average Bonchev–Trinajstić information content (AvgIpc) is 2.18. The van der Waals surface area contributed by atoms with Gasteiger partial charge in [-0.1, -0.05) is 5.92 Å². The van der Waals surface area contributed by atoms with E-state index in [1.165, 1.54) is 13.8 Å². The Bertz CT molecular complexity index is 312. The zero-order valence-corrected chi connectivity index (χ0v) is 9.30. The fraction of sp³-hybridized carbons (Fsp3) is 0.364. The number of hydrogen-bond donors (Lipinski definition) is 1. The van der Waals surface area contributed by atoms with Crippen LogP contribution in [-0.2, 0) is 14.3 Å². The Morgan fingerprint density at radius 2 is 1.80 bits per heavy atom. The molecule has 0 saturated heterocycles. The van der Waals surface area contributed by atoms with Crippen LogP contribution in [0.25, 0.3) is 0 Å². The quantitative estimate of drug-likeness (QED) is 0.358. The van der Waals surface area contributed by atoms with Crippen molar-refractivity contribution in [3.8, 4) is 23.9 Å². The average molecular weight is 208 g/mol. The van der Waals surface area contributed by atoms with Gasteiger partial charge in [0.15, 0.2) is 0 Å². The van der Waals surface area contributed by atoms with E-state index in [4.69, 9.17) is 0 Å². The summed E-state index contributed by atoms with van der Waals surface area (Å²) < 4.78 is 4.27. The van der Waals surface area contributed by atoms with Crippen LogP contribution >= 0.6 is 0 Å². The first kappa shape index (κ1) is 15.4. The van der Waals surface area contributed by atoms with Crippen molar-refractivity contribution in [2.75, 3.05) is 7.05 Å². The van der Waals surface area contributed by atoms with Gasteiger partial charge in [0, 0.05) is 20.9 Å². The third kappa shape index (κ3) is 24.5. The summed E-state index contributed by atoms with van der Waals surface area (Å²) in [6, 6.07) is 0. The molecule has 0 aliphatic heterocycles. The first-order chi connectivity index (χ1) is 7.04. The van der Waals surface area contributed by atoms with Crippen LogP contribution in [0, 0.1) is 30.3 Å². The van der Waals surface area contributed by atoms with Crippen LogP contribution < -0.4 is 5.32 Å². The molecule has 0 aromatic rings. The summed E-state index contributed by atoms with van der Waals surface area (Å²) in [7, 11) is 1.60. The van der Waals surface area contributed by atoms with Gasteiger partial charge in [-0.05, 0) is 0 Å². The molecule has 4 heteroatoms. The molecule has 0 heterocycles. The number of hydrogen-bond acceptors (Lipinski definition) is 3. The summed E-state index contributed by atoms with van der Waals surface area (Å²) in [5.74, 6) is 6.94. The molecule has 0 aliphatic carbocycles. The van der Waals surface area contributed by atoms with Gasteiger partial charge in [0.2, 0.25) is 5.91 Å². The first-order valence-corrected chi connectivity index (χ1v) is 4.18. The van der Waals surface area contributed by atoms with E-state index in [0.29, 0.717) is 0 Å². The lowest BCUT2D eigenvalue weighted by molar-refractivity contribution is -0.134. The maximum atomic E-state index is 10.1. The van der Waals surface area contributed by atoms with Gasteiger partial charge in [-0.2, -0.15) is 6.42 Å². The van der Waals surface area contributed by atoms with Crippen molar-refractivity contribution in [2.24, 2.45) is 0 Å². The minimum atomic E-state index is -0.422. The van der Waals surface area contributed by atoms with E-state index in [1.54, 1.807) is 20.4 Å². The van der Waals surface area contributed by atoms with Gasteiger partial charge in [0.05, 0.1) is 0 Å². The Morgan fingerprint density at radius 3 is 2.13 bits per heavy atom. The van der Waals surface area contributed by atoms with Crippen molar-refractivity contribution in [3.05, 3.63) is 6.42 Å². The molecule has 0 bridgehead atoms. The summed E-state index contributed by atoms with van der Waals surface area (Å²) in [6.45, 7) is 4.55. The summed E-state index contributed by atoms with van der Waals surface area (Å²) in [4.78, 5) is 19.8. The van der Waals surface area contributed by atoms with E-state index in [0.717, 1.165) is 0 Å². The van der Waals surface area contributed by atoms with Gasteiger partial charge in [0.25, 0.3) is 0 Å². The fourth-order valence-electron chi connectivity index (χ4n) is 0.231. The van der Waals surface area contributed by atoms with Gasteiger partial charge < -0.3 is 10.1 Å². The largest absolute Gasteiger partial charge is 0.373 e. The minimum Gasteiger partial charge on any atom is -0.373 e. The van der Waals surface area contributed by atoms with Crippen LogP contribution in [0.4, 0.5) is 0 Å². The van der Waals surface area contributed by atoms with Crippen molar-refractivity contribution in [2.45, 2.75) is 20.8 Å². The molecule has 0 radical (unpaired) electrons. The number of ether oxygens (including phenoxy) is 1. The lowest BCUT2D eigenvalue weighted by Crippen LogP contribution is -2.11. The molecule has 0 fully saturated rings. The van der Waals surface area contributed by atoms with Gasteiger partial charge in [0.1, 0.15) is 6.11 Å². The van der Waals surface area contributed by atoms with Crippen LogP contribution in [0.15, 0.2) is 0 Å². The Labute approximate surface area is 90.4 Å². The third-order valence-corrected chi connectivity index (χ3v) is 0.877. The normalized spacial score (nSPS) is 6.13. The summed E-state index contributed by atoms with van der Waals surface area (Å²) in [6.07, 6.45) is 3.78. The predicted molar refractivity (Wildman–Crippen MR) is 57.0 cm³/mol. The monoisotopic (exact) mass is 208 g/mol. The molecule has 15 heavy (non-hydrogen) atoms. The van der Waals surface area contributed by atoms with Crippen molar-refractivity contribution in [3.63, 3.8) is 0 Å². The second kappa shape index (κ2) is 11.9. The van der Waals surface area contributed by atoms with Gasteiger partial charge >= 0.3 is 5.97 Å². The second-order valence-corrected chi connectivity index (χ2v) is 2.18. The van der Waals surface area contributed by atoms with Gasteiger partial charge in [-0.3, -0.25) is 15.5 Å². The third-order valence-electron chi connectivity index (χ3n) is 0.877. The van der Waals surface area contributed by atoms with E-state index >= 15 is 0 Å². The molecule has 0 spiro atoms. The minimum absolute atomic E-state index is 0.00463. The zero-order chi connectivity index (χ0) is 12.1. The highest BCUT2D eigenvalue weighted by atomic mass is 16.5. The molecule has 1 amide bonds. The highest BCUT2D eigenvalue weighted by Gasteiger charge is 1.80. The number of rotatable bonds is 0. The molecule has 0 atom stereocenters. The Hall–Kier alpha value is -2.07. The highest BCUT2D eigenvalue weighted by Crippen LogP contribution is 1.69. The Kier molecular flexibility index (Phi) is 12.3. The molecular formula is C11H14NO3-. The molecule has 0 aromatic heterocycles. The maximum Gasteiger partial charge on any atom is 0.316 e. The van der Waals surface area contributed by atoms with Gasteiger partial charge in [-0.25, -0.2) is 5.92 Å². The predicted octanol–water partition coefficient (Wildman–Crippen LogP) is 0.490. The number of nitrogens with one attached hydrogen (secondary N) is 1. The van der Waals surface area contributed by atoms with Crippen molar-refractivity contribution in [1.29, 1.82) is 0 Å². The van der Waals surface area contributed by atoms with E-state index in [-0.39, 0.29) is 5.91 Å². The molecule has 0 aromatic carbocycles. The SMILES string of the molecule is CNC(C)=O.C[CH-]C#CC#COC(C)=O. The second-order valence-electron chi connectivity index (χ2n) is 2.18. The maximum absolute atomic E-state index is 10.1. The molecule has 82 valence electrons. The van der Waals surface area contributed by atoms with E-state index in [1.807, 2.05) is 0 Å². The fourth-order valence-corrected chi connectivity index (χ4v) is 0.231. The van der Waals surface area contributed by atoms with Crippen molar-refractivity contribution >= 4 is 11.9 Å². The molecule has 0 unspecified atom stereocenters. The van der Waals surface area contributed by atoms with Crippen molar-refractivity contribution in [1.82, 2.24) is 5.32 Å². The van der Waals surface area contributed by atoms with Crippen LogP contribution in [0.2, 0.25) is 0 Å². The molecule has 0 aliphatic rings. The molecule has 1 N–H and O–H groups in total. The van der Waals surface area contributed by atoms with Crippen LogP contribution in [0.3, 0.4) is 0 Å². The molecule has 0 saturated carbocycles. The van der Waals surface area contributed by atoms with E-state index in [9.17, 15) is 9.59 Å². The van der Waals surface area contributed by atoms with E-state index in [2.05, 4.69) is 33.9 Å². The van der Waals surface area contributed by atoms with Crippen LogP contribution in [0.5, 0.6) is 0 Å². The zero-order valence-electron chi connectivity index (χ0n) is 9.30. The molecular weight excluding hydrogens is 194 g/mol. The lowest BCUT2D eigenvalue weighted by atomic mass is 10.5. The van der Waals surface area contributed by atoms with Crippen molar-refractivity contribution < 1.29 is 14.3 Å². The number of carbonyl (C=O) groups excluding carboxylic acids is 2. The Morgan fingerprint density at radius 1 is 1.27 bits per heavy atom. The molecule has 4 nitrogen and oxygen atoms in total. The van der Waals surface area contributed by atoms with Crippen LogP contribution in [-0.4, -0.2) is 18.9 Å². The lowest BCUT2D eigenvalue weighted by Gasteiger charge is -1.82. The number of carbonyl (C=O) groups is 2. The summed E-state index contributed by atoms with van der Waals surface area (Å²) in [5.41, 5.74) is 0. The molecule has 0 rings (SSSR count). The standard InChI is InChI=1S/C8H7O2.C3H7NO/c1-3-4-5-6-7-10-8(2)9;1-3(5)4-2/h3H,1-2H3;1-2H3,(H,4,5)/q-1;. The number of amides is 1. The number of esters is 1. The summed E-state index contributed by atoms with van der Waals surface area (Å²) >= 11 is 0. The highest BCUT2D eigenvalue weighted by molar-refractivity contribution is 5.72. The Balaban J connectivity index is 0. The first-order valence-electron chi connectivity index (χ1n) is 4.18. The van der Waals surface area contributed by atoms with Crippen LogP contribution in [0.1, 0.15) is 20.8 Å². The topological polar surface area (TPSA) is 55.4 Å². The van der Waals surface area contributed by atoms with E-state index < -0.39 is 5.97 Å².